The topological polar surface area (TPSA) is 45.9 Å². The van der Waals surface area contributed by atoms with Gasteiger partial charge in [-0.25, -0.2) is 5.11 Å². The van der Waals surface area contributed by atoms with Gasteiger partial charge in [-0.2, -0.15) is 0 Å². The van der Waals surface area contributed by atoms with Gasteiger partial charge in [0.25, 0.3) is 0 Å². The Balaban J connectivity index is 3.02. The Bertz CT molecular complexity index is 22.4. The quantitative estimate of drug-likeness (QED) is 0.407. The lowest BCUT2D eigenvalue weighted by molar-refractivity contribution is 0.0103. The van der Waals surface area contributed by atoms with Crippen molar-refractivity contribution < 1.29 is 5.11 Å². The number of rotatable bonds is 0. The van der Waals surface area contributed by atoms with Crippen LogP contribution < -0.4 is 5.73 Å². The van der Waals surface area contributed by atoms with Crippen LogP contribution in [0, 0.1) is 0 Å². The van der Waals surface area contributed by atoms with Crippen LogP contribution in [0.1, 0.15) is 13.8 Å². The first-order chi connectivity index (χ1) is 2.00. The van der Waals surface area contributed by atoms with Crippen molar-refractivity contribution in [2.45, 2.75) is 19.6 Å². The van der Waals surface area contributed by atoms with Crippen LogP contribution in [0.3, 0.4) is 0 Å². The Morgan fingerprint density at radius 1 is 1.60 bits per heavy atom. The highest BCUT2D eigenvalue weighted by Gasteiger charge is 2.01. The minimum Gasteiger partial charge on any atom is -0.301 e. The zero-order chi connectivity index (χ0) is 4.50. The normalized spacial score (nSPS) is 12.0. The first-order valence-electron chi connectivity index (χ1n) is 1.49. The zero-order valence-electron chi connectivity index (χ0n) is 3.49. The maximum absolute atomic E-state index is 9.88. The molecule has 0 bridgehead atoms. The molecule has 0 saturated carbocycles. The summed E-state index contributed by atoms with van der Waals surface area (Å²) in [7, 11) is 0. The number of hydrogen-bond donors (Lipinski definition) is 1. The summed E-state index contributed by atoms with van der Waals surface area (Å²) in [5, 5.41) is 9.88. The maximum Gasteiger partial charge on any atom is 0.146 e. The highest BCUT2D eigenvalue weighted by molar-refractivity contribution is 4.47. The van der Waals surface area contributed by atoms with E-state index in [0.717, 1.165) is 0 Å². The van der Waals surface area contributed by atoms with Crippen LogP contribution in [0.15, 0.2) is 0 Å². The molecule has 0 fully saturated rings. The average Bonchev–Trinajstić information content (AvgIpc) is 0.722. The molecule has 2 N–H and O–H groups in total. The first-order valence-corrected chi connectivity index (χ1v) is 1.49. The van der Waals surface area contributed by atoms with Crippen molar-refractivity contribution in [2.75, 3.05) is 0 Å². The molecular formula is C3H8NO. The van der Waals surface area contributed by atoms with E-state index in [9.17, 15) is 5.11 Å². The second-order valence-electron chi connectivity index (χ2n) is 1.60. The molecule has 0 atom stereocenters. The number of nitrogens with two attached hydrogens (primary N) is 1. The summed E-state index contributed by atoms with van der Waals surface area (Å²) in [6.45, 7) is 2.82. The van der Waals surface area contributed by atoms with Crippen LogP contribution >= 0.6 is 0 Å². The molecule has 0 unspecified atom stereocenters. The highest BCUT2D eigenvalue weighted by Crippen LogP contribution is 1.84. The molecule has 0 aromatic heterocycles. The molecule has 0 saturated heterocycles. The van der Waals surface area contributed by atoms with E-state index in [1.807, 2.05) is 0 Å². The minimum absolute atomic E-state index is 1.25. The molecule has 0 aromatic carbocycles. The Labute approximate surface area is 31.6 Å². The molecule has 2 nitrogen and oxygen atoms in total. The summed E-state index contributed by atoms with van der Waals surface area (Å²) in [4.78, 5) is 0. The van der Waals surface area contributed by atoms with Gasteiger partial charge in [-0.3, -0.25) is 0 Å². The van der Waals surface area contributed by atoms with E-state index in [2.05, 4.69) is 0 Å². The van der Waals surface area contributed by atoms with Crippen molar-refractivity contribution >= 4 is 0 Å². The van der Waals surface area contributed by atoms with E-state index < -0.39 is 5.72 Å². The van der Waals surface area contributed by atoms with Crippen molar-refractivity contribution in [3.63, 3.8) is 0 Å². The standard InChI is InChI=1S/C3H8NO/c1-3(2,4)5/h4H2,1-2H3. The third-order valence-corrected chi connectivity index (χ3v) is 0. The maximum atomic E-state index is 9.88. The summed E-state index contributed by atoms with van der Waals surface area (Å²) in [5.74, 6) is 0. The van der Waals surface area contributed by atoms with Gasteiger partial charge in [0.05, 0.1) is 0 Å². The molecule has 31 valence electrons. The SMILES string of the molecule is CC(C)(N)[O]. The lowest BCUT2D eigenvalue weighted by atomic mass is 10.4. The third-order valence-electron chi connectivity index (χ3n) is 0. The van der Waals surface area contributed by atoms with Crippen LogP contribution in [-0.2, 0) is 5.11 Å². The van der Waals surface area contributed by atoms with E-state index in [1.54, 1.807) is 0 Å². The third kappa shape index (κ3) is 2260. The molecule has 0 aliphatic carbocycles. The Kier molecular flexibility index (Phi) is 0.938. The molecule has 0 spiro atoms. The van der Waals surface area contributed by atoms with Crippen LogP contribution in [-0.4, -0.2) is 5.72 Å². The monoisotopic (exact) mass is 74.1 g/mol. The van der Waals surface area contributed by atoms with Crippen LogP contribution in [0.5, 0.6) is 0 Å². The second-order valence-corrected chi connectivity index (χ2v) is 1.60. The molecule has 5 heavy (non-hydrogen) atoms. The Morgan fingerprint density at radius 3 is 1.60 bits per heavy atom. The van der Waals surface area contributed by atoms with Crippen molar-refractivity contribution in [3.05, 3.63) is 0 Å². The van der Waals surface area contributed by atoms with Gasteiger partial charge in [0.2, 0.25) is 0 Å². The smallest absolute Gasteiger partial charge is 0.146 e. The molecule has 0 rings (SSSR count). The van der Waals surface area contributed by atoms with E-state index >= 15 is 0 Å². The molecule has 1 radical (unpaired) electrons. The van der Waals surface area contributed by atoms with Crippen LogP contribution in [0.2, 0.25) is 0 Å². The summed E-state index contributed by atoms with van der Waals surface area (Å²) >= 11 is 0. The van der Waals surface area contributed by atoms with Gasteiger partial charge in [0.15, 0.2) is 0 Å². The Hall–Kier alpha value is -0.0800. The first kappa shape index (κ1) is 4.92. The lowest BCUT2D eigenvalue weighted by Crippen LogP contribution is -2.28. The summed E-state index contributed by atoms with van der Waals surface area (Å²) < 4.78 is 0. The van der Waals surface area contributed by atoms with Gasteiger partial charge < -0.3 is 5.73 Å². The fourth-order valence-electron chi connectivity index (χ4n) is 0. The largest absolute Gasteiger partial charge is 0.301 e. The zero-order valence-corrected chi connectivity index (χ0v) is 3.49. The highest BCUT2D eigenvalue weighted by atomic mass is 16.3. The average molecular weight is 74.1 g/mol. The number of hydrogen-bond acceptors (Lipinski definition) is 1. The van der Waals surface area contributed by atoms with E-state index in [0.29, 0.717) is 0 Å². The second kappa shape index (κ2) is 0.954. The van der Waals surface area contributed by atoms with E-state index in [4.69, 9.17) is 5.73 Å². The predicted molar refractivity (Wildman–Crippen MR) is 19.0 cm³/mol. The van der Waals surface area contributed by atoms with Gasteiger partial charge in [-0.1, -0.05) is 0 Å². The molecule has 0 aromatic rings. The molecule has 2 heteroatoms. The minimum atomic E-state index is -1.25. The van der Waals surface area contributed by atoms with Gasteiger partial charge in [-0.05, 0) is 13.8 Å². The van der Waals surface area contributed by atoms with Gasteiger partial charge in [0, 0.05) is 0 Å². The van der Waals surface area contributed by atoms with Gasteiger partial charge >= 0.3 is 0 Å². The van der Waals surface area contributed by atoms with E-state index in [-0.39, 0.29) is 0 Å². The summed E-state index contributed by atoms with van der Waals surface area (Å²) in [6, 6.07) is 0. The van der Waals surface area contributed by atoms with Gasteiger partial charge in [0.1, 0.15) is 5.72 Å². The van der Waals surface area contributed by atoms with Gasteiger partial charge in [-0.15, -0.1) is 0 Å². The fourth-order valence-corrected chi connectivity index (χ4v) is 0. The summed E-state index contributed by atoms with van der Waals surface area (Å²) in [6.07, 6.45) is 0. The van der Waals surface area contributed by atoms with E-state index in [1.165, 1.54) is 13.8 Å². The van der Waals surface area contributed by atoms with Crippen molar-refractivity contribution in [1.82, 2.24) is 0 Å². The lowest BCUT2D eigenvalue weighted by Gasteiger charge is -2.00. The van der Waals surface area contributed by atoms with Crippen molar-refractivity contribution in [3.8, 4) is 0 Å². The van der Waals surface area contributed by atoms with Crippen LogP contribution in [0.25, 0.3) is 0 Å². The predicted octanol–water partition coefficient (Wildman–Crippen LogP) is 0.112. The molecular weight excluding hydrogens is 66.0 g/mol. The summed E-state index contributed by atoms with van der Waals surface area (Å²) in [5.41, 5.74) is 3.55. The fraction of sp³-hybridized carbons (Fsp3) is 1.00. The molecule has 0 amide bonds. The molecule has 0 heterocycles. The van der Waals surface area contributed by atoms with Crippen molar-refractivity contribution in [2.24, 2.45) is 5.73 Å². The Morgan fingerprint density at radius 2 is 1.60 bits per heavy atom. The molecule has 0 aliphatic heterocycles. The van der Waals surface area contributed by atoms with Crippen LogP contribution in [0.4, 0.5) is 0 Å². The van der Waals surface area contributed by atoms with Crippen molar-refractivity contribution in [1.29, 1.82) is 0 Å². The molecule has 0 aliphatic rings.